The van der Waals surface area contributed by atoms with Crippen LogP contribution in [0, 0.1) is 13.8 Å². The molecule has 0 aliphatic rings. The first-order chi connectivity index (χ1) is 14.5. The van der Waals surface area contributed by atoms with Gasteiger partial charge in [-0.1, -0.05) is 37.3 Å². The van der Waals surface area contributed by atoms with Gasteiger partial charge in [0.05, 0.1) is 13.5 Å². The molecule has 2 amide bonds. The van der Waals surface area contributed by atoms with Crippen molar-refractivity contribution in [3.63, 3.8) is 0 Å². The summed E-state index contributed by atoms with van der Waals surface area (Å²) in [6.45, 7) is 12.2. The second-order valence-electron chi connectivity index (χ2n) is 9.13. The largest absolute Gasteiger partial charge is 0.497 e. The van der Waals surface area contributed by atoms with Crippen molar-refractivity contribution >= 4 is 11.8 Å². The third-order valence-electron chi connectivity index (χ3n) is 5.30. The van der Waals surface area contributed by atoms with Gasteiger partial charge in [-0.15, -0.1) is 0 Å². The summed E-state index contributed by atoms with van der Waals surface area (Å²) in [5.74, 6) is 0.527. The molecule has 0 aliphatic carbocycles. The minimum absolute atomic E-state index is 0.0676. The molecule has 2 rings (SSSR count). The SMILES string of the molecule is CC[C@H](C(=O)NC(C)(C)C)N(Cc1cccc(OC)c1)C(=O)Cc1ccc(C)c(C)c1. The highest BCUT2D eigenvalue weighted by Gasteiger charge is 2.30. The van der Waals surface area contributed by atoms with Crippen molar-refractivity contribution in [3.8, 4) is 5.75 Å². The number of carbonyl (C=O) groups excluding carboxylic acids is 2. The van der Waals surface area contributed by atoms with Crippen molar-refractivity contribution in [2.75, 3.05) is 7.11 Å². The molecule has 0 spiro atoms. The molecule has 2 aromatic carbocycles. The summed E-state index contributed by atoms with van der Waals surface area (Å²) in [5.41, 5.74) is 3.86. The summed E-state index contributed by atoms with van der Waals surface area (Å²) in [7, 11) is 1.62. The van der Waals surface area contributed by atoms with E-state index in [0.29, 0.717) is 13.0 Å². The summed E-state index contributed by atoms with van der Waals surface area (Å²) < 4.78 is 5.33. The topological polar surface area (TPSA) is 58.6 Å². The van der Waals surface area contributed by atoms with Crippen molar-refractivity contribution in [2.24, 2.45) is 0 Å². The van der Waals surface area contributed by atoms with Crippen LogP contribution in [-0.2, 0) is 22.6 Å². The Morgan fingerprint density at radius 3 is 2.32 bits per heavy atom. The number of hydrogen-bond donors (Lipinski definition) is 1. The minimum atomic E-state index is -0.551. The van der Waals surface area contributed by atoms with Crippen LogP contribution in [-0.4, -0.2) is 35.4 Å². The van der Waals surface area contributed by atoms with Gasteiger partial charge in [0, 0.05) is 12.1 Å². The molecule has 0 unspecified atom stereocenters. The average molecular weight is 425 g/mol. The summed E-state index contributed by atoms with van der Waals surface area (Å²) in [6, 6.07) is 13.1. The van der Waals surface area contributed by atoms with E-state index in [1.54, 1.807) is 12.0 Å². The Morgan fingerprint density at radius 2 is 1.74 bits per heavy atom. The van der Waals surface area contributed by atoms with Gasteiger partial charge in [-0.3, -0.25) is 9.59 Å². The predicted octanol–water partition coefficient (Wildman–Crippen LogP) is 4.58. The first-order valence-electron chi connectivity index (χ1n) is 10.8. The maximum absolute atomic E-state index is 13.5. The lowest BCUT2D eigenvalue weighted by Gasteiger charge is -2.33. The Morgan fingerprint density at radius 1 is 1.03 bits per heavy atom. The predicted molar refractivity (Wildman–Crippen MR) is 125 cm³/mol. The molecular weight excluding hydrogens is 388 g/mol. The lowest BCUT2D eigenvalue weighted by molar-refractivity contribution is -0.141. The number of ether oxygens (including phenoxy) is 1. The number of nitrogens with one attached hydrogen (secondary N) is 1. The zero-order chi connectivity index (χ0) is 23.2. The zero-order valence-electron chi connectivity index (χ0n) is 19.9. The maximum Gasteiger partial charge on any atom is 0.243 e. The van der Waals surface area contributed by atoms with E-state index in [1.807, 2.05) is 77.1 Å². The molecule has 2 aromatic rings. The van der Waals surface area contributed by atoms with Crippen LogP contribution >= 0.6 is 0 Å². The van der Waals surface area contributed by atoms with E-state index in [2.05, 4.69) is 12.2 Å². The van der Waals surface area contributed by atoms with E-state index in [-0.39, 0.29) is 23.8 Å². The minimum Gasteiger partial charge on any atom is -0.497 e. The highest BCUT2D eigenvalue weighted by Crippen LogP contribution is 2.19. The van der Waals surface area contributed by atoms with Gasteiger partial charge in [-0.2, -0.15) is 0 Å². The van der Waals surface area contributed by atoms with Crippen LogP contribution in [0.3, 0.4) is 0 Å². The van der Waals surface area contributed by atoms with Crippen LogP contribution in [0.25, 0.3) is 0 Å². The number of amides is 2. The molecule has 1 N–H and O–H groups in total. The number of rotatable bonds is 8. The molecule has 0 bridgehead atoms. The fourth-order valence-electron chi connectivity index (χ4n) is 3.53. The van der Waals surface area contributed by atoms with Crippen LogP contribution in [0.15, 0.2) is 42.5 Å². The smallest absolute Gasteiger partial charge is 0.243 e. The molecule has 5 nitrogen and oxygen atoms in total. The number of methoxy groups -OCH3 is 1. The molecule has 0 aromatic heterocycles. The lowest BCUT2D eigenvalue weighted by atomic mass is 10.0. The van der Waals surface area contributed by atoms with E-state index >= 15 is 0 Å². The fraction of sp³-hybridized carbons (Fsp3) is 0.462. The monoisotopic (exact) mass is 424 g/mol. The van der Waals surface area contributed by atoms with Crippen molar-refractivity contribution in [3.05, 3.63) is 64.7 Å². The number of nitrogens with zero attached hydrogens (tertiary/aromatic N) is 1. The second kappa shape index (κ2) is 10.5. The molecule has 31 heavy (non-hydrogen) atoms. The van der Waals surface area contributed by atoms with E-state index in [4.69, 9.17) is 4.74 Å². The third-order valence-corrected chi connectivity index (χ3v) is 5.30. The van der Waals surface area contributed by atoms with Crippen molar-refractivity contribution < 1.29 is 14.3 Å². The van der Waals surface area contributed by atoms with Gasteiger partial charge in [-0.25, -0.2) is 0 Å². The summed E-state index contributed by atoms with van der Waals surface area (Å²) in [6.07, 6.45) is 0.787. The molecule has 1 atom stereocenters. The van der Waals surface area contributed by atoms with Crippen LogP contribution < -0.4 is 10.1 Å². The van der Waals surface area contributed by atoms with Crippen molar-refractivity contribution in [2.45, 2.75) is 72.5 Å². The fourth-order valence-corrected chi connectivity index (χ4v) is 3.53. The van der Waals surface area contributed by atoms with E-state index in [0.717, 1.165) is 22.4 Å². The molecule has 0 radical (unpaired) electrons. The highest BCUT2D eigenvalue weighted by molar-refractivity contribution is 5.88. The Hall–Kier alpha value is -2.82. The molecule has 0 fully saturated rings. The molecule has 5 heteroatoms. The third kappa shape index (κ3) is 7.12. The van der Waals surface area contributed by atoms with Crippen molar-refractivity contribution in [1.82, 2.24) is 10.2 Å². The van der Waals surface area contributed by atoms with E-state index < -0.39 is 6.04 Å². The molecule has 168 valence electrons. The molecule has 0 saturated carbocycles. The quantitative estimate of drug-likeness (QED) is 0.675. The van der Waals surface area contributed by atoms with Gasteiger partial charge in [-0.05, 0) is 75.4 Å². The second-order valence-corrected chi connectivity index (χ2v) is 9.13. The maximum atomic E-state index is 13.5. The average Bonchev–Trinajstić information content (AvgIpc) is 2.69. The van der Waals surface area contributed by atoms with Crippen LogP contribution in [0.5, 0.6) is 5.75 Å². The van der Waals surface area contributed by atoms with Gasteiger partial charge in [0.2, 0.25) is 11.8 Å². The summed E-state index contributed by atoms with van der Waals surface area (Å²) in [5, 5.41) is 3.04. The van der Waals surface area contributed by atoms with Crippen LogP contribution in [0.4, 0.5) is 0 Å². The van der Waals surface area contributed by atoms with E-state index in [9.17, 15) is 9.59 Å². The number of benzene rings is 2. The Kier molecular flexibility index (Phi) is 8.26. The zero-order valence-corrected chi connectivity index (χ0v) is 19.9. The summed E-state index contributed by atoms with van der Waals surface area (Å²) >= 11 is 0. The van der Waals surface area contributed by atoms with Gasteiger partial charge in [0.15, 0.2) is 0 Å². The highest BCUT2D eigenvalue weighted by atomic mass is 16.5. The molecule has 0 heterocycles. The van der Waals surface area contributed by atoms with Crippen LogP contribution in [0.2, 0.25) is 0 Å². The van der Waals surface area contributed by atoms with Gasteiger partial charge >= 0.3 is 0 Å². The first kappa shape index (κ1) is 24.4. The van der Waals surface area contributed by atoms with Gasteiger partial charge in [0.1, 0.15) is 11.8 Å². The van der Waals surface area contributed by atoms with Gasteiger partial charge in [0.25, 0.3) is 0 Å². The lowest BCUT2D eigenvalue weighted by Crippen LogP contribution is -2.53. The molecule has 0 saturated heterocycles. The standard InChI is InChI=1S/C26H36N2O3/c1-8-23(25(30)27-26(4,5)6)28(17-21-10-9-11-22(15-21)31-7)24(29)16-20-13-12-18(2)19(3)14-20/h9-15,23H,8,16-17H2,1-7H3,(H,27,30)/t23-/m1/s1. The summed E-state index contributed by atoms with van der Waals surface area (Å²) in [4.78, 5) is 28.2. The van der Waals surface area contributed by atoms with Crippen LogP contribution in [0.1, 0.15) is 56.4 Å². The number of hydrogen-bond acceptors (Lipinski definition) is 3. The van der Waals surface area contributed by atoms with Gasteiger partial charge < -0.3 is 15.0 Å². The number of aryl methyl sites for hydroxylation is 2. The Balaban J connectivity index is 2.35. The normalized spacial score (nSPS) is 12.2. The van der Waals surface area contributed by atoms with E-state index in [1.165, 1.54) is 5.56 Å². The van der Waals surface area contributed by atoms with Crippen molar-refractivity contribution in [1.29, 1.82) is 0 Å². The first-order valence-corrected chi connectivity index (χ1v) is 10.8. The Bertz CT molecular complexity index is 915. The Labute approximate surface area is 186 Å². The molecule has 0 aliphatic heterocycles. The molecular formula is C26H36N2O3. The number of carbonyl (C=O) groups is 2.